The second-order valence-corrected chi connectivity index (χ2v) is 7.24. The van der Waals surface area contributed by atoms with Crippen molar-refractivity contribution in [2.75, 3.05) is 11.9 Å². The number of carbonyl (C=O) groups is 1. The van der Waals surface area contributed by atoms with Gasteiger partial charge in [-0.1, -0.05) is 24.3 Å². The van der Waals surface area contributed by atoms with E-state index >= 15 is 0 Å². The summed E-state index contributed by atoms with van der Waals surface area (Å²) in [6, 6.07) is 20.8. The number of ether oxygens (including phenoxy) is 1. The molecule has 0 atom stereocenters. The fourth-order valence-corrected chi connectivity index (χ4v) is 3.45. The maximum Gasteiger partial charge on any atom is 0.422 e. The molecule has 0 saturated carbocycles. The van der Waals surface area contributed by atoms with Crippen molar-refractivity contribution >= 4 is 28.2 Å². The average molecular weight is 440 g/mol. The van der Waals surface area contributed by atoms with E-state index in [0.29, 0.717) is 12.2 Å². The standard InChI is InChI=1S/C24H19F3N2O3/c25-24(26,27)15-32-19-5-3-4-16(12-19)14-29-11-10-17-13-18(8-9-22(17)29)28-21-7-2-1-6-20(21)23(30)31/h1-13,28H,14-15H2,(H,30,31). The third-order valence-electron chi connectivity index (χ3n) is 4.86. The van der Waals surface area contributed by atoms with Gasteiger partial charge in [0.2, 0.25) is 0 Å². The Morgan fingerprint density at radius 1 is 1.00 bits per heavy atom. The van der Waals surface area contributed by atoms with Gasteiger partial charge in [0.25, 0.3) is 0 Å². The quantitative estimate of drug-likeness (QED) is 0.366. The normalized spacial score (nSPS) is 11.5. The number of carboxylic acid groups (broad SMARTS) is 1. The van der Waals surface area contributed by atoms with Crippen molar-refractivity contribution in [3.8, 4) is 5.75 Å². The number of fused-ring (bicyclic) bond motifs is 1. The van der Waals surface area contributed by atoms with Gasteiger partial charge in [-0.25, -0.2) is 4.79 Å². The monoisotopic (exact) mass is 440 g/mol. The van der Waals surface area contributed by atoms with Crippen molar-refractivity contribution in [2.45, 2.75) is 12.7 Å². The number of hydrogen-bond donors (Lipinski definition) is 2. The van der Waals surface area contributed by atoms with Gasteiger partial charge in [-0.15, -0.1) is 0 Å². The molecule has 0 spiro atoms. The summed E-state index contributed by atoms with van der Waals surface area (Å²) in [6.07, 6.45) is -2.49. The van der Waals surface area contributed by atoms with E-state index in [1.807, 2.05) is 41.1 Å². The van der Waals surface area contributed by atoms with Crippen molar-refractivity contribution in [1.29, 1.82) is 0 Å². The second kappa shape index (κ2) is 8.66. The summed E-state index contributed by atoms with van der Waals surface area (Å²) in [7, 11) is 0. The number of halogens is 3. The Morgan fingerprint density at radius 2 is 1.81 bits per heavy atom. The lowest BCUT2D eigenvalue weighted by molar-refractivity contribution is -0.153. The number of benzene rings is 3. The van der Waals surface area contributed by atoms with Crippen molar-refractivity contribution in [1.82, 2.24) is 4.57 Å². The molecule has 0 radical (unpaired) electrons. The van der Waals surface area contributed by atoms with Gasteiger partial charge >= 0.3 is 12.1 Å². The van der Waals surface area contributed by atoms with Crippen molar-refractivity contribution < 1.29 is 27.8 Å². The predicted octanol–water partition coefficient (Wildman–Crippen LogP) is 6.07. The molecule has 4 aromatic rings. The van der Waals surface area contributed by atoms with Crippen LogP contribution in [0.2, 0.25) is 0 Å². The number of aromatic carboxylic acids is 1. The summed E-state index contributed by atoms with van der Waals surface area (Å²) >= 11 is 0. The Bertz CT molecular complexity index is 1260. The van der Waals surface area contributed by atoms with Gasteiger partial charge in [0, 0.05) is 29.3 Å². The molecular formula is C24H19F3N2O3. The zero-order chi connectivity index (χ0) is 22.7. The van der Waals surface area contributed by atoms with Gasteiger partial charge in [0.15, 0.2) is 6.61 Å². The third kappa shape index (κ3) is 5.03. The van der Waals surface area contributed by atoms with E-state index in [4.69, 9.17) is 4.74 Å². The fourth-order valence-electron chi connectivity index (χ4n) is 3.45. The zero-order valence-electron chi connectivity index (χ0n) is 16.8. The van der Waals surface area contributed by atoms with Crippen molar-refractivity contribution in [2.24, 2.45) is 0 Å². The zero-order valence-corrected chi connectivity index (χ0v) is 16.8. The van der Waals surface area contributed by atoms with Gasteiger partial charge in [0.05, 0.1) is 11.3 Å². The predicted molar refractivity (Wildman–Crippen MR) is 116 cm³/mol. The lowest BCUT2D eigenvalue weighted by atomic mass is 10.1. The van der Waals surface area contributed by atoms with E-state index < -0.39 is 18.8 Å². The molecule has 0 bridgehead atoms. The Balaban J connectivity index is 1.52. The number of nitrogens with one attached hydrogen (secondary N) is 1. The number of hydrogen-bond acceptors (Lipinski definition) is 3. The molecule has 0 fully saturated rings. The molecular weight excluding hydrogens is 421 g/mol. The number of rotatable bonds is 7. The average Bonchev–Trinajstić information content (AvgIpc) is 3.14. The molecule has 0 aliphatic rings. The highest BCUT2D eigenvalue weighted by Gasteiger charge is 2.28. The van der Waals surface area contributed by atoms with E-state index in [-0.39, 0.29) is 11.3 Å². The summed E-state index contributed by atoms with van der Waals surface area (Å²) in [5.74, 6) is -0.846. The largest absolute Gasteiger partial charge is 0.484 e. The first-order valence-corrected chi connectivity index (χ1v) is 9.75. The van der Waals surface area contributed by atoms with Crippen molar-refractivity contribution in [3.63, 3.8) is 0 Å². The van der Waals surface area contributed by atoms with Crippen LogP contribution in [-0.4, -0.2) is 28.4 Å². The first-order valence-electron chi connectivity index (χ1n) is 9.75. The lowest BCUT2D eigenvalue weighted by Gasteiger charge is -2.12. The number of anilines is 2. The van der Waals surface area contributed by atoms with Crippen LogP contribution in [0, 0.1) is 0 Å². The van der Waals surface area contributed by atoms with E-state index in [1.54, 1.807) is 30.3 Å². The Hall–Kier alpha value is -3.94. The highest BCUT2D eigenvalue weighted by molar-refractivity contribution is 5.95. The molecule has 4 rings (SSSR count). The molecule has 1 aromatic heterocycles. The van der Waals surface area contributed by atoms with Gasteiger partial charge in [-0.2, -0.15) is 13.2 Å². The van der Waals surface area contributed by atoms with Crippen LogP contribution in [0.1, 0.15) is 15.9 Å². The molecule has 0 aliphatic carbocycles. The van der Waals surface area contributed by atoms with Crippen LogP contribution in [0.3, 0.4) is 0 Å². The maximum atomic E-state index is 12.4. The fraction of sp³-hybridized carbons (Fsp3) is 0.125. The lowest BCUT2D eigenvalue weighted by Crippen LogP contribution is -2.19. The van der Waals surface area contributed by atoms with Crippen LogP contribution >= 0.6 is 0 Å². The number of aromatic nitrogens is 1. The summed E-state index contributed by atoms with van der Waals surface area (Å²) in [6.45, 7) is -0.870. The first kappa shape index (κ1) is 21.3. The molecule has 2 N–H and O–H groups in total. The highest BCUT2D eigenvalue weighted by atomic mass is 19.4. The summed E-state index contributed by atoms with van der Waals surface area (Å²) in [5, 5.41) is 13.4. The van der Waals surface area contributed by atoms with Crippen LogP contribution < -0.4 is 10.1 Å². The van der Waals surface area contributed by atoms with Gasteiger partial charge in [-0.05, 0) is 54.1 Å². The SMILES string of the molecule is O=C(O)c1ccccc1Nc1ccc2c(ccn2Cc2cccc(OCC(F)(F)F)c2)c1. The summed E-state index contributed by atoms with van der Waals surface area (Å²) < 4.78 is 44.0. The molecule has 3 aromatic carbocycles. The van der Waals surface area contributed by atoms with E-state index in [0.717, 1.165) is 22.2 Å². The second-order valence-electron chi connectivity index (χ2n) is 7.24. The van der Waals surface area contributed by atoms with E-state index in [1.165, 1.54) is 12.1 Å². The molecule has 0 unspecified atom stereocenters. The smallest absolute Gasteiger partial charge is 0.422 e. The molecule has 1 heterocycles. The topological polar surface area (TPSA) is 63.5 Å². The first-order chi connectivity index (χ1) is 15.3. The van der Waals surface area contributed by atoms with Crippen molar-refractivity contribution in [3.05, 3.63) is 90.1 Å². The molecule has 0 amide bonds. The summed E-state index contributed by atoms with van der Waals surface area (Å²) in [5.41, 5.74) is 3.15. The van der Waals surface area contributed by atoms with Crippen LogP contribution in [0.25, 0.3) is 10.9 Å². The third-order valence-corrected chi connectivity index (χ3v) is 4.86. The minimum Gasteiger partial charge on any atom is -0.484 e. The highest BCUT2D eigenvalue weighted by Crippen LogP contribution is 2.26. The number of nitrogens with zero attached hydrogens (tertiary/aromatic N) is 1. The Labute approximate surface area is 181 Å². The Kier molecular flexibility index (Phi) is 5.77. The summed E-state index contributed by atoms with van der Waals surface area (Å²) in [4.78, 5) is 11.4. The van der Waals surface area contributed by atoms with Crippen LogP contribution in [0.5, 0.6) is 5.75 Å². The minimum atomic E-state index is -4.39. The molecule has 0 aliphatic heterocycles. The number of para-hydroxylation sites is 1. The minimum absolute atomic E-state index is 0.167. The van der Waals surface area contributed by atoms with Crippen LogP contribution in [-0.2, 0) is 6.54 Å². The van der Waals surface area contributed by atoms with Crippen LogP contribution in [0.4, 0.5) is 24.5 Å². The molecule has 32 heavy (non-hydrogen) atoms. The van der Waals surface area contributed by atoms with Gasteiger partial charge < -0.3 is 19.7 Å². The van der Waals surface area contributed by atoms with E-state index in [2.05, 4.69) is 5.32 Å². The van der Waals surface area contributed by atoms with Gasteiger partial charge in [-0.3, -0.25) is 0 Å². The van der Waals surface area contributed by atoms with Crippen LogP contribution in [0.15, 0.2) is 79.0 Å². The number of carboxylic acids is 1. The maximum absolute atomic E-state index is 12.4. The Morgan fingerprint density at radius 3 is 2.59 bits per heavy atom. The van der Waals surface area contributed by atoms with Gasteiger partial charge in [0.1, 0.15) is 5.75 Å². The molecule has 8 heteroatoms. The van der Waals surface area contributed by atoms with E-state index in [9.17, 15) is 23.1 Å². The molecule has 0 saturated heterocycles. The molecule has 5 nitrogen and oxygen atoms in total. The molecule has 164 valence electrons. The number of alkyl halides is 3.